The number of hydrogen-bond donors (Lipinski definition) is 0. The predicted octanol–water partition coefficient (Wildman–Crippen LogP) is 2.06. The maximum Gasteiger partial charge on any atom is 0.127 e. The number of halogens is 1. The lowest BCUT2D eigenvalue weighted by atomic mass is 10.1. The number of hydrogen-bond acceptors (Lipinski definition) is 4. The van der Waals surface area contributed by atoms with Crippen LogP contribution < -0.4 is 0 Å². The van der Waals surface area contributed by atoms with Crippen LogP contribution in [0.5, 0.6) is 0 Å². The molecule has 0 radical (unpaired) electrons. The van der Waals surface area contributed by atoms with Crippen molar-refractivity contribution >= 4 is 0 Å². The van der Waals surface area contributed by atoms with E-state index in [4.69, 9.17) is 15.3 Å². The van der Waals surface area contributed by atoms with Crippen molar-refractivity contribution in [1.29, 1.82) is 10.5 Å². The van der Waals surface area contributed by atoms with Crippen molar-refractivity contribution in [1.82, 2.24) is 4.90 Å². The maximum absolute atomic E-state index is 13.7. The predicted molar refractivity (Wildman–Crippen MR) is 68.5 cm³/mol. The summed E-state index contributed by atoms with van der Waals surface area (Å²) in [6.45, 7) is 2.06. The lowest BCUT2D eigenvalue weighted by Gasteiger charge is -2.21. The molecule has 0 amide bonds. The van der Waals surface area contributed by atoms with Crippen molar-refractivity contribution in [2.45, 2.75) is 13.0 Å². The Kier molecular flexibility index (Phi) is 6.52. The van der Waals surface area contributed by atoms with Gasteiger partial charge in [-0.1, -0.05) is 0 Å². The highest BCUT2D eigenvalue weighted by atomic mass is 19.1. The van der Waals surface area contributed by atoms with Gasteiger partial charge in [0.15, 0.2) is 0 Å². The van der Waals surface area contributed by atoms with Gasteiger partial charge in [0.05, 0.1) is 24.3 Å². The second-order valence-electron chi connectivity index (χ2n) is 4.10. The molecule has 100 valence electrons. The fourth-order valence-electron chi connectivity index (χ4n) is 1.70. The molecule has 0 atom stereocenters. The van der Waals surface area contributed by atoms with Crippen molar-refractivity contribution in [3.05, 3.63) is 35.1 Å². The van der Waals surface area contributed by atoms with E-state index in [1.54, 1.807) is 13.2 Å². The van der Waals surface area contributed by atoms with E-state index in [9.17, 15) is 4.39 Å². The Morgan fingerprint density at radius 2 is 2.11 bits per heavy atom. The van der Waals surface area contributed by atoms with Gasteiger partial charge in [-0.3, -0.25) is 4.90 Å². The van der Waals surface area contributed by atoms with Gasteiger partial charge in [0.1, 0.15) is 5.82 Å². The summed E-state index contributed by atoms with van der Waals surface area (Å²) in [5, 5.41) is 17.4. The van der Waals surface area contributed by atoms with Crippen LogP contribution in [0, 0.1) is 28.5 Å². The molecule has 19 heavy (non-hydrogen) atoms. The average Bonchev–Trinajstić information content (AvgIpc) is 2.43. The van der Waals surface area contributed by atoms with Gasteiger partial charge < -0.3 is 4.74 Å². The Morgan fingerprint density at radius 3 is 2.74 bits per heavy atom. The average molecular weight is 261 g/mol. The number of nitriles is 2. The zero-order valence-corrected chi connectivity index (χ0v) is 10.9. The lowest BCUT2D eigenvalue weighted by molar-refractivity contribution is 0.144. The normalized spacial score (nSPS) is 10.2. The van der Waals surface area contributed by atoms with Crippen molar-refractivity contribution in [2.75, 3.05) is 26.8 Å². The molecule has 4 nitrogen and oxygen atoms in total. The van der Waals surface area contributed by atoms with E-state index in [1.165, 1.54) is 12.1 Å². The van der Waals surface area contributed by atoms with Gasteiger partial charge in [-0.05, 0) is 18.2 Å². The molecule has 0 fully saturated rings. The second kappa shape index (κ2) is 8.20. The van der Waals surface area contributed by atoms with Crippen LogP contribution in [0.1, 0.15) is 17.5 Å². The molecule has 0 unspecified atom stereocenters. The van der Waals surface area contributed by atoms with E-state index in [0.717, 1.165) is 0 Å². The Hall–Kier alpha value is -1.95. The number of methoxy groups -OCH3 is 1. The molecule has 1 aromatic rings. The first kappa shape index (κ1) is 15.1. The van der Waals surface area contributed by atoms with Crippen molar-refractivity contribution in [3.8, 4) is 12.1 Å². The smallest absolute Gasteiger partial charge is 0.127 e. The molecule has 1 aromatic carbocycles. The van der Waals surface area contributed by atoms with Crippen molar-refractivity contribution < 1.29 is 9.13 Å². The van der Waals surface area contributed by atoms with Gasteiger partial charge >= 0.3 is 0 Å². The van der Waals surface area contributed by atoms with Crippen LogP contribution in [0.15, 0.2) is 18.2 Å². The third kappa shape index (κ3) is 5.05. The molecule has 1 rings (SSSR count). The summed E-state index contributed by atoms with van der Waals surface area (Å²) in [5.74, 6) is -0.335. The second-order valence-corrected chi connectivity index (χ2v) is 4.10. The summed E-state index contributed by atoms with van der Waals surface area (Å²) in [5.41, 5.74) is 0.900. The largest absolute Gasteiger partial charge is 0.383 e. The van der Waals surface area contributed by atoms with E-state index < -0.39 is 0 Å². The Bertz CT molecular complexity index is 490. The Balaban J connectivity index is 2.77. The van der Waals surface area contributed by atoms with Gasteiger partial charge in [-0.15, -0.1) is 0 Å². The van der Waals surface area contributed by atoms with Gasteiger partial charge in [-0.25, -0.2) is 4.39 Å². The summed E-state index contributed by atoms with van der Waals surface area (Å²) in [6.07, 6.45) is 0.378. The van der Waals surface area contributed by atoms with E-state index in [1.807, 2.05) is 11.0 Å². The van der Waals surface area contributed by atoms with Crippen LogP contribution in [0.3, 0.4) is 0 Å². The SMILES string of the molecule is COCCN(CCC#N)Cc1cc(C#N)ccc1F. The third-order valence-corrected chi connectivity index (χ3v) is 2.72. The summed E-state index contributed by atoms with van der Waals surface area (Å²) in [4.78, 5) is 1.94. The molecule has 0 aliphatic heterocycles. The monoisotopic (exact) mass is 261 g/mol. The quantitative estimate of drug-likeness (QED) is 0.753. The maximum atomic E-state index is 13.7. The minimum atomic E-state index is -0.335. The molecule has 0 saturated carbocycles. The Labute approximate surface area is 112 Å². The summed E-state index contributed by atoms with van der Waals surface area (Å²) < 4.78 is 18.7. The number of benzene rings is 1. The molecule has 0 saturated heterocycles. The first-order chi connectivity index (χ1) is 9.21. The fraction of sp³-hybridized carbons (Fsp3) is 0.429. The minimum Gasteiger partial charge on any atom is -0.383 e. The number of ether oxygens (including phenoxy) is 1. The zero-order valence-electron chi connectivity index (χ0n) is 10.9. The highest BCUT2D eigenvalue weighted by Crippen LogP contribution is 2.13. The molecule has 0 aromatic heterocycles. The van der Waals surface area contributed by atoms with Crippen LogP contribution in [0.2, 0.25) is 0 Å². The van der Waals surface area contributed by atoms with Gasteiger partial charge in [0.2, 0.25) is 0 Å². The van der Waals surface area contributed by atoms with Crippen LogP contribution in [-0.4, -0.2) is 31.7 Å². The lowest BCUT2D eigenvalue weighted by Crippen LogP contribution is -2.28. The molecule has 0 aliphatic rings. The molecular weight excluding hydrogens is 245 g/mol. The standard InChI is InChI=1S/C14H16FN3O/c1-19-8-7-18(6-2-5-16)11-13-9-12(10-17)3-4-14(13)15/h3-4,9H,2,6-8,11H2,1H3. The number of rotatable bonds is 7. The molecule has 0 heterocycles. The van der Waals surface area contributed by atoms with Crippen molar-refractivity contribution in [2.24, 2.45) is 0 Å². The highest BCUT2D eigenvalue weighted by Gasteiger charge is 2.10. The molecular formula is C14H16FN3O. The Morgan fingerprint density at radius 1 is 1.32 bits per heavy atom. The first-order valence-corrected chi connectivity index (χ1v) is 5.98. The van der Waals surface area contributed by atoms with E-state index in [-0.39, 0.29) is 5.82 Å². The third-order valence-electron chi connectivity index (χ3n) is 2.72. The summed E-state index contributed by atoms with van der Waals surface area (Å²) in [7, 11) is 1.60. The van der Waals surface area contributed by atoms with E-state index >= 15 is 0 Å². The van der Waals surface area contributed by atoms with Gasteiger partial charge in [0.25, 0.3) is 0 Å². The first-order valence-electron chi connectivity index (χ1n) is 5.98. The van der Waals surface area contributed by atoms with E-state index in [2.05, 4.69) is 6.07 Å². The topological polar surface area (TPSA) is 60.0 Å². The van der Waals surface area contributed by atoms with Crippen LogP contribution in [-0.2, 0) is 11.3 Å². The molecule has 5 heteroatoms. The van der Waals surface area contributed by atoms with Crippen LogP contribution in [0.4, 0.5) is 4.39 Å². The van der Waals surface area contributed by atoms with Crippen LogP contribution in [0.25, 0.3) is 0 Å². The number of nitrogens with zero attached hydrogens (tertiary/aromatic N) is 3. The van der Waals surface area contributed by atoms with Crippen LogP contribution >= 0.6 is 0 Å². The molecule has 0 spiro atoms. The summed E-state index contributed by atoms with van der Waals surface area (Å²) in [6, 6.07) is 8.35. The van der Waals surface area contributed by atoms with Gasteiger partial charge in [-0.2, -0.15) is 10.5 Å². The molecule has 0 bridgehead atoms. The highest BCUT2D eigenvalue weighted by molar-refractivity contribution is 5.33. The minimum absolute atomic E-state index is 0.335. The fourth-order valence-corrected chi connectivity index (χ4v) is 1.70. The zero-order chi connectivity index (χ0) is 14.1. The summed E-state index contributed by atoms with van der Waals surface area (Å²) >= 11 is 0. The molecule has 0 aliphatic carbocycles. The van der Waals surface area contributed by atoms with Crippen molar-refractivity contribution in [3.63, 3.8) is 0 Å². The van der Waals surface area contributed by atoms with Gasteiger partial charge in [0, 0.05) is 38.7 Å². The molecule has 0 N–H and O–H groups in total. The van der Waals surface area contributed by atoms with E-state index in [0.29, 0.717) is 43.8 Å².